The number of halogens is 3. The predicted octanol–water partition coefficient (Wildman–Crippen LogP) is 3.89. The van der Waals surface area contributed by atoms with E-state index >= 15 is 0 Å². The number of ether oxygens (including phenoxy) is 2. The molecule has 0 bridgehead atoms. The van der Waals surface area contributed by atoms with Crippen LogP contribution in [0.3, 0.4) is 0 Å². The normalized spacial score (nSPS) is 11.8. The Hall–Kier alpha value is -4.29. The van der Waals surface area contributed by atoms with E-state index in [0.717, 1.165) is 0 Å². The van der Waals surface area contributed by atoms with Crippen LogP contribution >= 0.6 is 0 Å². The van der Waals surface area contributed by atoms with E-state index in [-0.39, 0.29) is 30.8 Å². The van der Waals surface area contributed by atoms with E-state index in [1.807, 2.05) is 19.9 Å². The average Bonchev–Trinajstić information content (AvgIpc) is 3.23. The summed E-state index contributed by atoms with van der Waals surface area (Å²) in [4.78, 5) is 23.3. The smallest absolute Gasteiger partial charge is 0.494 e. The third-order valence-corrected chi connectivity index (χ3v) is 5.12. The number of anilines is 1. The maximum atomic E-state index is 12.9. The Morgan fingerprint density at radius 2 is 1.86 bits per heavy atom. The van der Waals surface area contributed by atoms with Crippen molar-refractivity contribution in [2.24, 2.45) is 0 Å². The fourth-order valence-corrected chi connectivity index (χ4v) is 3.63. The van der Waals surface area contributed by atoms with Gasteiger partial charge >= 0.3 is 12.4 Å². The maximum Gasteiger partial charge on any atom is 0.573 e. The number of nitrogens with two attached hydrogens (primary N) is 1. The molecular formula is C23H24F3N7O3. The number of carbonyl (C=O) groups is 1. The zero-order chi connectivity index (χ0) is 26.0. The number of rotatable bonds is 7. The first-order chi connectivity index (χ1) is 17.0. The van der Waals surface area contributed by atoms with Crippen LogP contribution < -0.4 is 20.5 Å². The largest absolute Gasteiger partial charge is 0.573 e. The number of nitrogen functional groups attached to an aromatic ring is 1. The van der Waals surface area contributed by atoms with E-state index in [0.29, 0.717) is 33.7 Å². The molecule has 2 heterocycles. The average molecular weight is 503 g/mol. The number of hydrogen-bond acceptors (Lipinski definition) is 7. The van der Waals surface area contributed by atoms with Crippen LogP contribution in [0.4, 0.5) is 23.9 Å². The molecule has 2 amide bonds. The zero-order valence-electron chi connectivity index (χ0n) is 19.7. The molecule has 0 saturated heterocycles. The summed E-state index contributed by atoms with van der Waals surface area (Å²) in [5.74, 6) is 0.577. The van der Waals surface area contributed by atoms with Crippen molar-refractivity contribution in [3.05, 3.63) is 53.9 Å². The van der Waals surface area contributed by atoms with Crippen LogP contribution in [0.5, 0.6) is 11.5 Å². The molecule has 0 spiro atoms. The van der Waals surface area contributed by atoms with E-state index in [4.69, 9.17) is 10.5 Å². The number of para-hydroxylation sites is 1. The number of nitrogens with zero attached hydrogens (tertiary/aromatic N) is 5. The second kappa shape index (κ2) is 9.76. The van der Waals surface area contributed by atoms with Crippen LogP contribution in [0.1, 0.15) is 25.2 Å². The van der Waals surface area contributed by atoms with E-state index in [2.05, 4.69) is 25.1 Å². The highest BCUT2D eigenvalue weighted by atomic mass is 19.4. The van der Waals surface area contributed by atoms with Crippen molar-refractivity contribution in [1.29, 1.82) is 0 Å². The molecule has 0 atom stereocenters. The van der Waals surface area contributed by atoms with Crippen LogP contribution in [0.15, 0.2) is 42.5 Å². The molecule has 0 aliphatic heterocycles. The summed E-state index contributed by atoms with van der Waals surface area (Å²) in [6, 6.07) is 10.1. The Morgan fingerprint density at radius 3 is 2.50 bits per heavy atom. The Kier molecular flexibility index (Phi) is 6.73. The molecule has 3 N–H and O–H groups in total. The summed E-state index contributed by atoms with van der Waals surface area (Å²) < 4.78 is 48.0. The maximum absolute atomic E-state index is 12.9. The fourth-order valence-electron chi connectivity index (χ4n) is 3.63. The van der Waals surface area contributed by atoms with Gasteiger partial charge in [0, 0.05) is 18.0 Å². The minimum absolute atomic E-state index is 0.00589. The lowest BCUT2D eigenvalue weighted by atomic mass is 10.2. The lowest BCUT2D eigenvalue weighted by molar-refractivity contribution is -0.274. The lowest BCUT2D eigenvalue weighted by Gasteiger charge is -2.23. The number of carbonyl (C=O) groups excluding carboxylic acids is 1. The van der Waals surface area contributed by atoms with Gasteiger partial charge in [-0.1, -0.05) is 18.2 Å². The van der Waals surface area contributed by atoms with Crippen LogP contribution in [0.2, 0.25) is 0 Å². The zero-order valence-corrected chi connectivity index (χ0v) is 19.7. The van der Waals surface area contributed by atoms with Gasteiger partial charge in [-0.15, -0.1) is 18.3 Å². The molecule has 36 heavy (non-hydrogen) atoms. The Bertz CT molecular complexity index is 1390. The number of alkyl halides is 3. The number of nitrogens with one attached hydrogen (secondary N) is 1. The van der Waals surface area contributed by atoms with Crippen LogP contribution in [-0.2, 0) is 13.1 Å². The summed E-state index contributed by atoms with van der Waals surface area (Å²) >= 11 is 0. The predicted molar refractivity (Wildman–Crippen MR) is 125 cm³/mol. The summed E-state index contributed by atoms with van der Waals surface area (Å²) in [6.07, 6.45) is -4.79. The van der Waals surface area contributed by atoms with Crippen LogP contribution in [0, 0.1) is 0 Å². The minimum atomic E-state index is -4.79. The Morgan fingerprint density at radius 1 is 1.14 bits per heavy atom. The summed E-state index contributed by atoms with van der Waals surface area (Å²) in [7, 11) is 1.53. The molecule has 0 saturated carbocycles. The molecule has 4 rings (SSSR count). The van der Waals surface area contributed by atoms with Gasteiger partial charge in [-0.05, 0) is 43.7 Å². The van der Waals surface area contributed by atoms with Gasteiger partial charge in [0.1, 0.15) is 17.0 Å². The molecular weight excluding hydrogens is 479 g/mol. The summed E-state index contributed by atoms with van der Waals surface area (Å²) in [5.41, 5.74) is 7.67. The van der Waals surface area contributed by atoms with E-state index in [9.17, 15) is 18.0 Å². The molecule has 13 heteroatoms. The molecule has 10 nitrogen and oxygen atoms in total. The van der Waals surface area contributed by atoms with E-state index < -0.39 is 12.4 Å². The van der Waals surface area contributed by atoms with Gasteiger partial charge in [-0.2, -0.15) is 4.52 Å². The topological polar surface area (TPSA) is 120 Å². The highest BCUT2D eigenvalue weighted by Gasteiger charge is 2.31. The highest BCUT2D eigenvalue weighted by Crippen LogP contribution is 2.28. The molecule has 190 valence electrons. The van der Waals surface area contributed by atoms with Gasteiger partial charge < -0.3 is 25.4 Å². The monoisotopic (exact) mass is 503 g/mol. The number of fused-ring (bicyclic) bond motifs is 3. The molecule has 0 aliphatic carbocycles. The Balaban J connectivity index is 1.64. The van der Waals surface area contributed by atoms with Crippen molar-refractivity contribution in [2.45, 2.75) is 39.3 Å². The molecule has 0 aliphatic rings. The molecule has 2 aromatic carbocycles. The van der Waals surface area contributed by atoms with Crippen molar-refractivity contribution < 1.29 is 27.4 Å². The second-order valence-corrected chi connectivity index (χ2v) is 8.24. The number of aromatic nitrogens is 4. The summed E-state index contributed by atoms with van der Waals surface area (Å²) in [5, 5.41) is 7.91. The van der Waals surface area contributed by atoms with Crippen LogP contribution in [0.25, 0.3) is 16.6 Å². The molecule has 0 unspecified atom stereocenters. The highest BCUT2D eigenvalue weighted by molar-refractivity contribution is 5.95. The first-order valence-electron chi connectivity index (χ1n) is 10.9. The molecule has 2 aromatic heterocycles. The molecule has 0 fully saturated rings. The Labute approximate surface area is 203 Å². The quantitative estimate of drug-likeness (QED) is 0.393. The van der Waals surface area contributed by atoms with E-state index in [1.54, 1.807) is 12.1 Å². The van der Waals surface area contributed by atoms with Crippen molar-refractivity contribution in [3.63, 3.8) is 0 Å². The van der Waals surface area contributed by atoms with Gasteiger partial charge in [-0.25, -0.2) is 14.8 Å². The number of urea groups is 1. The van der Waals surface area contributed by atoms with Crippen molar-refractivity contribution >= 4 is 28.5 Å². The van der Waals surface area contributed by atoms with Gasteiger partial charge in [0.15, 0.2) is 11.5 Å². The first kappa shape index (κ1) is 24.8. The van der Waals surface area contributed by atoms with Gasteiger partial charge in [-0.3, -0.25) is 0 Å². The SMILES string of the molecule is COc1cccc2c1nc(N)n1nc(CN(Cc3ccc(OC(F)(F)F)cc3)C(=O)NC(C)C)nc21. The minimum Gasteiger partial charge on any atom is -0.494 e. The van der Waals surface area contributed by atoms with Crippen molar-refractivity contribution in [1.82, 2.24) is 29.8 Å². The van der Waals surface area contributed by atoms with Crippen molar-refractivity contribution in [2.75, 3.05) is 12.8 Å². The van der Waals surface area contributed by atoms with Gasteiger partial charge in [0.2, 0.25) is 5.95 Å². The number of benzene rings is 2. The third-order valence-electron chi connectivity index (χ3n) is 5.12. The van der Waals surface area contributed by atoms with Crippen molar-refractivity contribution in [3.8, 4) is 11.5 Å². The molecule has 4 aromatic rings. The molecule has 0 radical (unpaired) electrons. The number of hydrogen-bond donors (Lipinski definition) is 2. The third kappa shape index (κ3) is 5.50. The number of methoxy groups -OCH3 is 1. The van der Waals surface area contributed by atoms with Crippen LogP contribution in [-0.4, -0.2) is 50.0 Å². The van der Waals surface area contributed by atoms with Gasteiger partial charge in [0.25, 0.3) is 0 Å². The summed E-state index contributed by atoms with van der Waals surface area (Å²) in [6.45, 7) is 3.72. The van der Waals surface area contributed by atoms with Gasteiger partial charge in [0.05, 0.1) is 13.7 Å². The fraction of sp³-hybridized carbons (Fsp3) is 0.304. The lowest BCUT2D eigenvalue weighted by Crippen LogP contribution is -2.42. The standard InChI is InChI=1S/C23H24F3N7O3/c1-13(2)28-22(34)32(11-14-7-9-15(10-8-14)36-23(24,25)26)12-18-29-20-16-5-4-6-17(35-3)19(16)30-21(27)33(20)31-18/h4-10,13H,11-12H2,1-3H3,(H2,27,30)(H,28,34). The second-order valence-electron chi connectivity index (χ2n) is 8.24. The van der Waals surface area contributed by atoms with E-state index in [1.165, 1.54) is 40.8 Å². The number of amides is 2. The first-order valence-corrected chi connectivity index (χ1v) is 10.9.